The molecule has 35 heavy (non-hydrogen) atoms. The van der Waals surface area contributed by atoms with E-state index in [-0.39, 0.29) is 12.2 Å². The topological polar surface area (TPSA) is 55.0 Å². The fraction of sp³-hybridized carbons (Fsp3) is 0.143. The van der Waals surface area contributed by atoms with Crippen molar-refractivity contribution in [2.24, 2.45) is 0 Å². The number of nitrogens with zero attached hydrogens (tertiary/aromatic N) is 2. The van der Waals surface area contributed by atoms with Gasteiger partial charge in [-0.1, -0.05) is 48.0 Å². The largest absolute Gasteiger partial charge is 0.457 e. The molecule has 0 fully saturated rings. The first kappa shape index (κ1) is 23.8. The molecule has 0 spiro atoms. The van der Waals surface area contributed by atoms with Crippen molar-refractivity contribution in [3.63, 3.8) is 0 Å². The third-order valence-corrected chi connectivity index (χ3v) is 5.56. The van der Waals surface area contributed by atoms with Gasteiger partial charge in [-0.3, -0.25) is 4.79 Å². The number of rotatable bonds is 7. The van der Waals surface area contributed by atoms with Crippen molar-refractivity contribution in [1.29, 1.82) is 5.26 Å². The Morgan fingerprint density at radius 3 is 2.17 bits per heavy atom. The zero-order valence-electron chi connectivity index (χ0n) is 18.8. The second-order valence-electron chi connectivity index (χ2n) is 8.08. The maximum atomic E-state index is 14.4. The molecule has 0 aliphatic rings. The van der Waals surface area contributed by atoms with Gasteiger partial charge in [-0.05, 0) is 60.5 Å². The molecule has 7 heteroatoms. The summed E-state index contributed by atoms with van der Waals surface area (Å²) in [6, 6.07) is 25.6. The highest BCUT2D eigenvalue weighted by Crippen LogP contribution is 2.34. The van der Waals surface area contributed by atoms with E-state index in [2.05, 4.69) is 0 Å². The van der Waals surface area contributed by atoms with Gasteiger partial charge in [0.05, 0.1) is 12.2 Å². The Hall–Kier alpha value is -4.31. The van der Waals surface area contributed by atoms with Crippen LogP contribution in [0.4, 0.5) is 13.2 Å². The summed E-state index contributed by atoms with van der Waals surface area (Å²) in [5.74, 6) is -2.84. The summed E-state index contributed by atoms with van der Waals surface area (Å²) in [5.41, 5.74) is -0.250. The minimum absolute atomic E-state index is 0.0485. The van der Waals surface area contributed by atoms with Gasteiger partial charge in [0.2, 0.25) is 0 Å². The average molecular weight is 474 g/mol. The minimum atomic E-state index is -3.97. The first-order chi connectivity index (χ1) is 16.8. The van der Waals surface area contributed by atoms with Crippen LogP contribution in [-0.4, -0.2) is 11.2 Å². The fourth-order valence-electron chi connectivity index (χ4n) is 3.71. The van der Waals surface area contributed by atoms with Crippen LogP contribution in [0.2, 0.25) is 0 Å². The number of benzene rings is 3. The molecule has 0 N–H and O–H groups in total. The molecule has 1 aromatic heterocycles. The Morgan fingerprint density at radius 2 is 1.57 bits per heavy atom. The Labute approximate surface area is 200 Å². The maximum Gasteiger partial charge on any atom is 0.302 e. The summed E-state index contributed by atoms with van der Waals surface area (Å²) in [6.45, 7) is -0.0542. The zero-order valence-corrected chi connectivity index (χ0v) is 18.8. The van der Waals surface area contributed by atoms with Crippen molar-refractivity contribution in [3.05, 3.63) is 118 Å². The first-order valence-electron chi connectivity index (χ1n) is 10.8. The van der Waals surface area contributed by atoms with E-state index in [1.165, 1.54) is 4.57 Å². The third-order valence-electron chi connectivity index (χ3n) is 5.56. The number of para-hydroxylation sites is 1. The van der Waals surface area contributed by atoms with Crippen LogP contribution in [0.1, 0.15) is 22.3 Å². The zero-order chi connectivity index (χ0) is 25.0. The number of hydrogen-bond acceptors (Lipinski definition) is 3. The van der Waals surface area contributed by atoms with Gasteiger partial charge in [-0.25, -0.2) is 4.39 Å². The van der Waals surface area contributed by atoms with E-state index in [1.54, 1.807) is 42.5 Å². The lowest BCUT2D eigenvalue weighted by Crippen LogP contribution is -2.30. The lowest BCUT2D eigenvalue weighted by atomic mass is 10.00. The van der Waals surface area contributed by atoms with Crippen molar-refractivity contribution >= 4 is 0 Å². The Kier molecular flexibility index (Phi) is 6.74. The summed E-state index contributed by atoms with van der Waals surface area (Å²) in [4.78, 5) is 13.2. The molecule has 0 aliphatic carbocycles. The molecule has 3 aromatic carbocycles. The highest BCUT2D eigenvalue weighted by Gasteiger charge is 2.37. The molecule has 4 aromatic rings. The second-order valence-corrected chi connectivity index (χ2v) is 8.08. The van der Waals surface area contributed by atoms with Crippen LogP contribution in [0.25, 0.3) is 11.3 Å². The quantitative estimate of drug-likeness (QED) is 0.303. The Morgan fingerprint density at radius 1 is 0.943 bits per heavy atom. The van der Waals surface area contributed by atoms with Gasteiger partial charge in [-0.2, -0.15) is 14.0 Å². The monoisotopic (exact) mass is 474 g/mol. The van der Waals surface area contributed by atoms with E-state index in [4.69, 9.17) is 4.74 Å². The number of alkyl halides is 3. The third kappa shape index (κ3) is 5.12. The van der Waals surface area contributed by atoms with Crippen molar-refractivity contribution in [1.82, 2.24) is 4.57 Å². The summed E-state index contributed by atoms with van der Waals surface area (Å²) in [7, 11) is 0. The summed E-state index contributed by atoms with van der Waals surface area (Å²) < 4.78 is 49.1. The minimum Gasteiger partial charge on any atom is -0.457 e. The highest BCUT2D eigenvalue weighted by atomic mass is 19.3. The number of ether oxygens (including phenoxy) is 1. The van der Waals surface area contributed by atoms with Crippen LogP contribution < -0.4 is 10.3 Å². The smallest absolute Gasteiger partial charge is 0.302 e. The average Bonchev–Trinajstić information content (AvgIpc) is 2.87. The van der Waals surface area contributed by atoms with Gasteiger partial charge in [0.1, 0.15) is 23.1 Å². The molecule has 0 amide bonds. The molecular weight excluding hydrogens is 453 g/mol. The number of aryl methyl sites for hydroxylation is 1. The lowest BCUT2D eigenvalue weighted by molar-refractivity contribution is -0.0285. The van der Waals surface area contributed by atoms with Crippen molar-refractivity contribution < 1.29 is 17.9 Å². The highest BCUT2D eigenvalue weighted by molar-refractivity contribution is 5.64. The standard InChI is InChI=1S/C28H21F3N2O2/c1-19-7-9-20(10-8-19)17-33-26(15-25(28(30,31)18-29)24(16-32)27(33)34)21-11-13-23(14-12-21)35-22-5-3-2-4-6-22/h2-15H,17-18H2,1H3. The molecule has 0 aliphatic heterocycles. The predicted molar refractivity (Wildman–Crippen MR) is 128 cm³/mol. The normalized spacial score (nSPS) is 11.2. The number of hydrogen-bond donors (Lipinski definition) is 0. The summed E-state index contributed by atoms with van der Waals surface area (Å²) >= 11 is 0. The van der Waals surface area contributed by atoms with Crippen LogP contribution in [-0.2, 0) is 12.5 Å². The van der Waals surface area contributed by atoms with Crippen LogP contribution in [0, 0.1) is 18.3 Å². The molecule has 0 atom stereocenters. The predicted octanol–water partition coefficient (Wildman–Crippen LogP) is 6.60. The molecule has 0 saturated carbocycles. The fourth-order valence-corrected chi connectivity index (χ4v) is 3.71. The number of pyridine rings is 1. The Balaban J connectivity index is 1.84. The SMILES string of the molecule is Cc1ccc(Cn2c(-c3ccc(Oc4ccccc4)cc3)cc(C(F)(F)CF)c(C#N)c2=O)cc1. The molecular formula is C28H21F3N2O2. The Bertz CT molecular complexity index is 1420. The van der Waals surface area contributed by atoms with Crippen LogP contribution in [0.15, 0.2) is 89.7 Å². The molecule has 1 heterocycles. The van der Waals surface area contributed by atoms with Crippen molar-refractivity contribution in [3.8, 4) is 28.8 Å². The molecule has 176 valence electrons. The van der Waals surface area contributed by atoms with E-state index in [0.29, 0.717) is 17.1 Å². The summed E-state index contributed by atoms with van der Waals surface area (Å²) in [6.07, 6.45) is 0. The molecule has 0 radical (unpaired) electrons. The number of aromatic nitrogens is 1. The van der Waals surface area contributed by atoms with Crippen LogP contribution >= 0.6 is 0 Å². The molecule has 0 saturated heterocycles. The van der Waals surface area contributed by atoms with E-state index >= 15 is 0 Å². The van der Waals surface area contributed by atoms with E-state index in [1.807, 2.05) is 49.4 Å². The van der Waals surface area contributed by atoms with Gasteiger partial charge in [-0.15, -0.1) is 0 Å². The van der Waals surface area contributed by atoms with E-state index < -0.39 is 29.3 Å². The molecule has 0 unspecified atom stereocenters. The van der Waals surface area contributed by atoms with E-state index in [9.17, 15) is 23.2 Å². The van der Waals surface area contributed by atoms with Gasteiger partial charge in [0.15, 0.2) is 6.67 Å². The van der Waals surface area contributed by atoms with Crippen molar-refractivity contribution in [2.75, 3.05) is 6.67 Å². The van der Waals surface area contributed by atoms with Crippen LogP contribution in [0.3, 0.4) is 0 Å². The van der Waals surface area contributed by atoms with Gasteiger partial charge >= 0.3 is 5.92 Å². The molecule has 4 nitrogen and oxygen atoms in total. The van der Waals surface area contributed by atoms with Gasteiger partial charge in [0, 0.05) is 5.56 Å². The molecule has 4 rings (SSSR count). The molecule has 0 bridgehead atoms. The lowest BCUT2D eigenvalue weighted by Gasteiger charge is -2.20. The maximum absolute atomic E-state index is 14.4. The first-order valence-corrected chi connectivity index (χ1v) is 10.8. The van der Waals surface area contributed by atoms with Crippen LogP contribution in [0.5, 0.6) is 11.5 Å². The van der Waals surface area contributed by atoms with Crippen molar-refractivity contribution in [2.45, 2.75) is 19.4 Å². The summed E-state index contributed by atoms with van der Waals surface area (Å²) in [5, 5.41) is 9.49. The van der Waals surface area contributed by atoms with E-state index in [0.717, 1.165) is 17.2 Å². The number of halogens is 3. The second kappa shape index (κ2) is 9.90. The van der Waals surface area contributed by atoms with Gasteiger partial charge < -0.3 is 9.30 Å². The number of nitriles is 1. The van der Waals surface area contributed by atoms with Gasteiger partial charge in [0.25, 0.3) is 5.56 Å².